The highest BCUT2D eigenvalue weighted by atomic mass is 16.3. The minimum atomic E-state index is -0.410. The number of benzene rings is 8. The molecule has 9 aromatic rings. The lowest BCUT2D eigenvalue weighted by atomic mass is 9.86. The van der Waals surface area contributed by atoms with Crippen LogP contribution in [0.1, 0.15) is 6.85 Å². The Balaban J connectivity index is 1.38. The minimum Gasteiger partial charge on any atom is -0.456 e. The molecule has 0 saturated carbocycles. The summed E-state index contributed by atoms with van der Waals surface area (Å²) in [5.41, 5.74) is 6.34. The van der Waals surface area contributed by atoms with E-state index in [1.165, 1.54) is 32.7 Å². The van der Waals surface area contributed by atoms with E-state index in [1.54, 1.807) is 6.07 Å². The normalized spacial score (nSPS) is 13.6. The van der Waals surface area contributed by atoms with Gasteiger partial charge < -0.3 is 4.42 Å². The van der Waals surface area contributed by atoms with Crippen LogP contribution in [0.25, 0.3) is 87.6 Å². The molecule has 1 heterocycles. The van der Waals surface area contributed by atoms with Crippen molar-refractivity contribution in [1.82, 2.24) is 0 Å². The van der Waals surface area contributed by atoms with E-state index in [0.29, 0.717) is 16.7 Å². The molecular weight excluding hydrogens is 496 g/mol. The average Bonchev–Trinajstić information content (AvgIpc) is 3.49. The summed E-state index contributed by atoms with van der Waals surface area (Å²) in [5.74, 6) is 0. The van der Waals surface area contributed by atoms with Gasteiger partial charge in [0.2, 0.25) is 0 Å². The molecule has 0 fully saturated rings. The van der Waals surface area contributed by atoms with Crippen LogP contribution in [0, 0.1) is 0 Å². The Kier molecular flexibility index (Phi) is 3.76. The van der Waals surface area contributed by atoms with Gasteiger partial charge in [-0.15, -0.1) is 0 Å². The molecule has 190 valence electrons. The first-order valence-corrected chi connectivity index (χ1v) is 13.7. The highest BCUT2D eigenvalue weighted by molar-refractivity contribution is 6.29. The molecule has 0 bridgehead atoms. The maximum Gasteiger partial charge on any atom is 0.136 e. The van der Waals surface area contributed by atoms with Gasteiger partial charge in [-0.25, -0.2) is 0 Å². The van der Waals surface area contributed by atoms with Crippen LogP contribution in [-0.4, -0.2) is 0 Å². The Morgan fingerprint density at radius 1 is 0.390 bits per heavy atom. The van der Waals surface area contributed by atoms with Crippen molar-refractivity contribution in [3.05, 3.63) is 145 Å². The molecule has 0 atom stereocenters. The van der Waals surface area contributed by atoms with E-state index in [0.717, 1.165) is 32.7 Å². The molecule has 1 nitrogen and oxygen atoms in total. The van der Waals surface area contributed by atoms with Gasteiger partial charge in [0.15, 0.2) is 0 Å². The number of hydrogen-bond donors (Lipinski definition) is 0. The van der Waals surface area contributed by atoms with E-state index in [9.17, 15) is 0 Å². The number of furan rings is 1. The van der Waals surface area contributed by atoms with E-state index >= 15 is 0 Å². The maximum atomic E-state index is 8.73. The molecule has 1 aromatic heterocycles. The second-order valence-corrected chi connectivity index (χ2v) is 10.5. The van der Waals surface area contributed by atoms with Gasteiger partial charge in [-0.2, -0.15) is 0 Å². The first kappa shape index (κ1) is 18.0. The molecule has 0 amide bonds. The van der Waals surface area contributed by atoms with Crippen LogP contribution in [0.2, 0.25) is 0 Å². The van der Waals surface area contributed by atoms with Gasteiger partial charge in [0.05, 0.1) is 6.85 Å². The summed E-state index contributed by atoms with van der Waals surface area (Å²) in [7, 11) is 0. The fourth-order valence-corrected chi connectivity index (χ4v) is 6.59. The Morgan fingerprint density at radius 3 is 1.68 bits per heavy atom. The molecule has 0 unspecified atom stereocenters. The monoisotopic (exact) mass is 525 g/mol. The van der Waals surface area contributed by atoms with Crippen LogP contribution in [0.15, 0.2) is 150 Å². The number of hydrogen-bond acceptors (Lipinski definition) is 1. The molecule has 0 saturated heterocycles. The largest absolute Gasteiger partial charge is 0.456 e. The van der Waals surface area contributed by atoms with Crippen LogP contribution in [0.5, 0.6) is 0 Å². The fraction of sp³-hybridized carbons (Fsp3) is 0. The van der Waals surface area contributed by atoms with E-state index in [1.807, 2.05) is 30.3 Å². The molecule has 0 radical (unpaired) electrons. The quantitative estimate of drug-likeness (QED) is 0.209. The zero-order valence-corrected chi connectivity index (χ0v) is 21.9. The van der Waals surface area contributed by atoms with Crippen LogP contribution >= 0.6 is 0 Å². The highest BCUT2D eigenvalue weighted by Gasteiger charge is 2.19. The molecule has 0 N–H and O–H groups in total. The molecule has 1 heteroatoms. The van der Waals surface area contributed by atoms with Crippen molar-refractivity contribution in [2.24, 2.45) is 0 Å². The standard InChI is InChI=1S/C40H24O/c1-3-9-25(10-4-1)29-21-17-27-20-24-34-31(22-18-28-19-23-33(29)37(27)38(28)34)32-14-8-16-36-40(32)39-30(13-7-15-35(39)41-36)26-11-5-2-6-12-26/h1-24H/i2D,5D,6D,11D,12D. The Bertz CT molecular complexity index is 2660. The first-order valence-electron chi connectivity index (χ1n) is 16.2. The summed E-state index contributed by atoms with van der Waals surface area (Å²) in [5, 5.41) is 8.65. The molecule has 0 aliphatic rings. The number of rotatable bonds is 3. The van der Waals surface area contributed by atoms with Crippen molar-refractivity contribution >= 4 is 54.3 Å². The fourth-order valence-electron chi connectivity index (χ4n) is 6.59. The topological polar surface area (TPSA) is 13.1 Å². The third-order valence-electron chi connectivity index (χ3n) is 8.33. The summed E-state index contributed by atoms with van der Waals surface area (Å²) in [6, 6.07) is 37.9. The summed E-state index contributed by atoms with van der Waals surface area (Å²) in [6.07, 6.45) is 0. The lowest BCUT2D eigenvalue weighted by Crippen LogP contribution is -1.90. The zero-order chi connectivity index (χ0) is 31.3. The van der Waals surface area contributed by atoms with Crippen LogP contribution < -0.4 is 0 Å². The maximum absolute atomic E-state index is 8.73. The summed E-state index contributed by atoms with van der Waals surface area (Å²) in [6.45, 7) is 0. The second-order valence-electron chi connectivity index (χ2n) is 10.5. The Labute approximate surface area is 244 Å². The van der Waals surface area contributed by atoms with Crippen LogP contribution in [0.4, 0.5) is 0 Å². The first-order chi connectivity index (χ1) is 22.4. The molecule has 8 aromatic carbocycles. The smallest absolute Gasteiger partial charge is 0.136 e. The lowest BCUT2D eigenvalue weighted by molar-refractivity contribution is 0.669. The van der Waals surface area contributed by atoms with Crippen LogP contribution in [0.3, 0.4) is 0 Å². The van der Waals surface area contributed by atoms with E-state index in [4.69, 9.17) is 11.3 Å². The van der Waals surface area contributed by atoms with Gasteiger partial charge >= 0.3 is 0 Å². The highest BCUT2D eigenvalue weighted by Crippen LogP contribution is 2.46. The second kappa shape index (κ2) is 8.55. The van der Waals surface area contributed by atoms with Gasteiger partial charge in [-0.3, -0.25) is 0 Å². The van der Waals surface area contributed by atoms with Crippen molar-refractivity contribution in [2.45, 2.75) is 0 Å². The molecular formula is C40H24O. The third kappa shape index (κ3) is 3.24. The van der Waals surface area contributed by atoms with Crippen molar-refractivity contribution in [2.75, 3.05) is 0 Å². The summed E-state index contributed by atoms with van der Waals surface area (Å²) in [4.78, 5) is 0. The van der Waals surface area contributed by atoms with Gasteiger partial charge in [-0.1, -0.05) is 133 Å². The van der Waals surface area contributed by atoms with Gasteiger partial charge in [-0.05, 0) is 77.8 Å². The Morgan fingerprint density at radius 2 is 0.976 bits per heavy atom. The molecule has 0 spiro atoms. The Hall–Kier alpha value is -5.40. The molecule has 9 rings (SSSR count). The molecule has 0 aliphatic heterocycles. The van der Waals surface area contributed by atoms with Gasteiger partial charge in [0, 0.05) is 10.8 Å². The molecule has 41 heavy (non-hydrogen) atoms. The van der Waals surface area contributed by atoms with Crippen molar-refractivity contribution in [3.8, 4) is 33.4 Å². The van der Waals surface area contributed by atoms with Crippen LogP contribution in [-0.2, 0) is 0 Å². The van der Waals surface area contributed by atoms with E-state index in [-0.39, 0.29) is 29.7 Å². The van der Waals surface area contributed by atoms with Gasteiger partial charge in [0.1, 0.15) is 11.2 Å². The summed E-state index contributed by atoms with van der Waals surface area (Å²) >= 11 is 0. The number of fused-ring (bicyclic) bond motifs is 3. The average molecular weight is 526 g/mol. The van der Waals surface area contributed by atoms with Crippen molar-refractivity contribution in [1.29, 1.82) is 0 Å². The lowest BCUT2D eigenvalue weighted by Gasteiger charge is -2.17. The van der Waals surface area contributed by atoms with Crippen molar-refractivity contribution < 1.29 is 11.3 Å². The minimum absolute atomic E-state index is 0.165. The predicted octanol–water partition coefficient (Wildman–Crippen LogP) is 11.5. The summed E-state index contributed by atoms with van der Waals surface area (Å²) < 4.78 is 48.6. The SMILES string of the molecule is [2H]c1c([2H])c([2H])c(-c2cccc3oc4cccc(-c5ccc6ccc7c(-c8ccccc8)ccc8ccc5c6c87)c4c23)c([2H])c1[2H]. The van der Waals surface area contributed by atoms with Gasteiger partial charge in [0.25, 0.3) is 0 Å². The third-order valence-corrected chi connectivity index (χ3v) is 8.33. The van der Waals surface area contributed by atoms with E-state index in [2.05, 4.69) is 78.9 Å². The van der Waals surface area contributed by atoms with E-state index < -0.39 is 6.04 Å². The molecule has 0 aliphatic carbocycles. The van der Waals surface area contributed by atoms with Crippen molar-refractivity contribution in [3.63, 3.8) is 0 Å². The zero-order valence-electron chi connectivity index (χ0n) is 26.9. The predicted molar refractivity (Wildman–Crippen MR) is 174 cm³/mol.